The molecule has 1 fully saturated rings. The Hall–Kier alpha value is -2.65. The van der Waals surface area contributed by atoms with Crippen molar-refractivity contribution in [2.45, 2.75) is 40.2 Å². The number of thiocarbonyl (C=S) groups is 1. The first kappa shape index (κ1) is 26.0. The van der Waals surface area contributed by atoms with E-state index in [1.165, 1.54) is 0 Å². The number of carbonyl (C=O) groups is 1. The average Bonchev–Trinajstić information content (AvgIpc) is 2.80. The number of rotatable bonds is 7. The molecule has 0 bridgehead atoms. The molecule has 0 atom stereocenters. The fourth-order valence-electron chi connectivity index (χ4n) is 3.95. The van der Waals surface area contributed by atoms with Gasteiger partial charge in [0, 0.05) is 55.9 Å². The molecule has 1 aromatic carbocycles. The number of fused-ring (bicyclic) bond motifs is 1. The maximum absolute atomic E-state index is 12.4. The van der Waals surface area contributed by atoms with Crippen LogP contribution in [0.5, 0.6) is 0 Å². The van der Waals surface area contributed by atoms with Gasteiger partial charge in [-0.1, -0.05) is 13.8 Å². The Kier molecular flexibility index (Phi) is 8.90. The van der Waals surface area contributed by atoms with E-state index in [2.05, 4.69) is 57.8 Å². The minimum Gasteiger partial charge on any atom is -0.361 e. The molecule has 1 aromatic heterocycles. The van der Waals surface area contributed by atoms with E-state index in [1.807, 2.05) is 37.8 Å². The van der Waals surface area contributed by atoms with Crippen LogP contribution in [0.15, 0.2) is 30.3 Å². The molecule has 9 heteroatoms. The van der Waals surface area contributed by atoms with E-state index in [4.69, 9.17) is 17.2 Å². The number of benzene rings is 1. The molecule has 1 aliphatic rings. The van der Waals surface area contributed by atoms with Crippen LogP contribution in [0.1, 0.15) is 34.6 Å². The van der Waals surface area contributed by atoms with Gasteiger partial charge in [-0.25, -0.2) is 9.78 Å². The van der Waals surface area contributed by atoms with Crippen molar-refractivity contribution in [3.63, 3.8) is 0 Å². The lowest BCUT2D eigenvalue weighted by molar-refractivity contribution is 0.185. The van der Waals surface area contributed by atoms with Gasteiger partial charge in [0.05, 0.1) is 5.52 Å². The minimum absolute atomic E-state index is 0.000826. The van der Waals surface area contributed by atoms with Crippen molar-refractivity contribution >= 4 is 45.8 Å². The summed E-state index contributed by atoms with van der Waals surface area (Å²) in [6, 6.07) is 10.2. The number of piperazine rings is 1. The average molecular weight is 486 g/mol. The first-order valence-corrected chi connectivity index (χ1v) is 12.6. The molecule has 2 aromatic rings. The molecule has 3 rings (SSSR count). The maximum Gasteiger partial charge on any atom is 0.317 e. The number of likely N-dealkylation sites (N-methyl/N-ethyl adjacent to an activating group) is 1. The van der Waals surface area contributed by atoms with Crippen LogP contribution in [-0.4, -0.2) is 83.8 Å². The smallest absolute Gasteiger partial charge is 0.317 e. The fraction of sp³-hybridized carbons (Fsp3) is 0.560. The first-order chi connectivity index (χ1) is 16.2. The summed E-state index contributed by atoms with van der Waals surface area (Å²) in [5.74, 6) is 0.942. The number of hydrogen-bond donors (Lipinski definition) is 3. The van der Waals surface area contributed by atoms with Gasteiger partial charge < -0.3 is 30.7 Å². The van der Waals surface area contributed by atoms with E-state index < -0.39 is 0 Å². The summed E-state index contributed by atoms with van der Waals surface area (Å²) in [5, 5.41) is 11.3. The summed E-state index contributed by atoms with van der Waals surface area (Å²) in [5.41, 5.74) is 1.66. The summed E-state index contributed by atoms with van der Waals surface area (Å²) in [7, 11) is 0. The molecule has 0 unspecified atom stereocenters. The largest absolute Gasteiger partial charge is 0.361 e. The van der Waals surface area contributed by atoms with Crippen molar-refractivity contribution in [3.05, 3.63) is 30.3 Å². The summed E-state index contributed by atoms with van der Waals surface area (Å²) in [6.07, 6.45) is 0. The predicted molar refractivity (Wildman–Crippen MR) is 146 cm³/mol. The molecule has 186 valence electrons. The van der Waals surface area contributed by atoms with Crippen molar-refractivity contribution in [3.8, 4) is 0 Å². The molecule has 3 N–H and O–H groups in total. The van der Waals surface area contributed by atoms with Gasteiger partial charge in [-0.15, -0.1) is 0 Å². The molecule has 2 heterocycles. The number of hydrogen-bond acceptors (Lipinski definition) is 5. The van der Waals surface area contributed by atoms with Crippen LogP contribution in [0.4, 0.5) is 16.3 Å². The molecule has 0 spiro atoms. The highest BCUT2D eigenvalue weighted by molar-refractivity contribution is 7.80. The molecule has 2 amide bonds. The van der Waals surface area contributed by atoms with E-state index in [-0.39, 0.29) is 11.6 Å². The van der Waals surface area contributed by atoms with Crippen LogP contribution in [0.3, 0.4) is 0 Å². The van der Waals surface area contributed by atoms with Crippen molar-refractivity contribution in [2.24, 2.45) is 0 Å². The molecule has 8 nitrogen and oxygen atoms in total. The van der Waals surface area contributed by atoms with Crippen LogP contribution in [0.25, 0.3) is 10.9 Å². The number of anilines is 2. The van der Waals surface area contributed by atoms with Gasteiger partial charge in [0.1, 0.15) is 5.82 Å². The highest BCUT2D eigenvalue weighted by Crippen LogP contribution is 2.22. The second kappa shape index (κ2) is 11.7. The molecule has 1 saturated heterocycles. The summed E-state index contributed by atoms with van der Waals surface area (Å²) in [6.45, 7) is 17.1. The Balaban J connectivity index is 1.54. The maximum atomic E-state index is 12.4. The van der Waals surface area contributed by atoms with Crippen molar-refractivity contribution in [1.82, 2.24) is 25.4 Å². The van der Waals surface area contributed by atoms with E-state index in [0.29, 0.717) is 18.2 Å². The van der Waals surface area contributed by atoms with E-state index in [0.717, 1.165) is 61.7 Å². The molecule has 34 heavy (non-hydrogen) atoms. The van der Waals surface area contributed by atoms with Crippen LogP contribution < -0.4 is 20.9 Å². The lowest BCUT2D eigenvalue weighted by Gasteiger charge is -2.37. The number of nitrogens with one attached hydrogen (secondary N) is 3. The van der Waals surface area contributed by atoms with Crippen LogP contribution in [0, 0.1) is 0 Å². The molecule has 1 aliphatic heterocycles. The minimum atomic E-state index is -0.229. The number of carbonyl (C=O) groups excluding carboxylic acids is 1. The Morgan fingerprint density at radius 2 is 1.79 bits per heavy atom. The third-order valence-electron chi connectivity index (χ3n) is 5.91. The third kappa shape index (κ3) is 7.43. The summed E-state index contributed by atoms with van der Waals surface area (Å²) in [4.78, 5) is 23.7. The highest BCUT2D eigenvalue weighted by atomic mass is 32.1. The van der Waals surface area contributed by atoms with Gasteiger partial charge >= 0.3 is 6.03 Å². The predicted octanol–water partition coefficient (Wildman–Crippen LogP) is 3.49. The number of aromatic nitrogens is 1. The van der Waals surface area contributed by atoms with Gasteiger partial charge in [-0.05, 0) is 76.4 Å². The van der Waals surface area contributed by atoms with Gasteiger partial charge in [0.15, 0.2) is 5.11 Å². The Bertz CT molecular complexity index is 979. The first-order valence-electron chi connectivity index (χ1n) is 12.2. The zero-order valence-electron chi connectivity index (χ0n) is 21.1. The molecule has 0 aliphatic carbocycles. The quantitative estimate of drug-likeness (QED) is 0.518. The van der Waals surface area contributed by atoms with E-state index >= 15 is 0 Å². The van der Waals surface area contributed by atoms with Crippen molar-refractivity contribution in [2.75, 3.05) is 62.6 Å². The molecule has 0 saturated carbocycles. The summed E-state index contributed by atoms with van der Waals surface area (Å²) >= 11 is 5.45. The van der Waals surface area contributed by atoms with E-state index in [9.17, 15) is 4.79 Å². The number of nitrogens with zero attached hydrogens (tertiary/aromatic N) is 4. The van der Waals surface area contributed by atoms with Crippen molar-refractivity contribution in [1.29, 1.82) is 0 Å². The van der Waals surface area contributed by atoms with Gasteiger partial charge in [-0.3, -0.25) is 0 Å². The zero-order valence-corrected chi connectivity index (χ0v) is 22.0. The lowest BCUT2D eigenvalue weighted by Crippen LogP contribution is -2.55. The van der Waals surface area contributed by atoms with Gasteiger partial charge in [-0.2, -0.15) is 0 Å². The van der Waals surface area contributed by atoms with Gasteiger partial charge in [0.2, 0.25) is 0 Å². The molecule has 0 radical (unpaired) electrons. The number of urea groups is 1. The SMILES string of the molecule is CCN(CC)CCNC(=S)Nc1ccc2nc(N3CCN(C(=O)NC(C)(C)C)CC3)ccc2c1. The Labute approximate surface area is 209 Å². The number of amides is 2. The van der Waals surface area contributed by atoms with Crippen LogP contribution in [0.2, 0.25) is 0 Å². The van der Waals surface area contributed by atoms with E-state index in [1.54, 1.807) is 0 Å². The molecular weight excluding hydrogens is 446 g/mol. The Morgan fingerprint density at radius 3 is 2.44 bits per heavy atom. The lowest BCUT2D eigenvalue weighted by atomic mass is 10.1. The zero-order chi connectivity index (χ0) is 24.7. The van der Waals surface area contributed by atoms with Crippen LogP contribution in [-0.2, 0) is 0 Å². The normalized spacial score (nSPS) is 14.4. The van der Waals surface area contributed by atoms with Crippen LogP contribution >= 0.6 is 12.2 Å². The fourth-order valence-corrected chi connectivity index (χ4v) is 4.17. The number of pyridine rings is 1. The summed E-state index contributed by atoms with van der Waals surface area (Å²) < 4.78 is 0. The monoisotopic (exact) mass is 485 g/mol. The topological polar surface area (TPSA) is 75.8 Å². The van der Waals surface area contributed by atoms with Gasteiger partial charge in [0.25, 0.3) is 0 Å². The highest BCUT2D eigenvalue weighted by Gasteiger charge is 2.24. The van der Waals surface area contributed by atoms with Crippen molar-refractivity contribution < 1.29 is 4.79 Å². The second-order valence-corrected chi connectivity index (χ2v) is 10.0. The Morgan fingerprint density at radius 1 is 1.09 bits per heavy atom. The third-order valence-corrected chi connectivity index (χ3v) is 6.16. The molecular formula is C25H39N7OS. The second-order valence-electron chi connectivity index (χ2n) is 9.64. The standard InChI is InChI=1S/C25H39N7OS/c1-6-30(7-2)13-12-26-23(34)27-20-9-10-21-19(18-20)8-11-22(28-21)31-14-16-32(17-15-31)24(33)29-25(3,4)5/h8-11,18H,6-7,12-17H2,1-5H3,(H,29,33)(H2,26,27,34).